The fourth-order valence-corrected chi connectivity index (χ4v) is 4.77. The molecule has 0 aromatic heterocycles. The number of benzene rings is 1. The Balaban J connectivity index is 0.00000243. The van der Waals surface area contributed by atoms with Crippen LogP contribution >= 0.6 is 11.8 Å². The van der Waals surface area contributed by atoms with E-state index in [1.165, 1.54) is 16.7 Å². The second-order valence-corrected chi connectivity index (χ2v) is 8.41. The number of carboxylic acids is 1. The molecule has 26 heavy (non-hydrogen) atoms. The van der Waals surface area contributed by atoms with Crippen LogP contribution in [-0.4, -0.2) is 51.0 Å². The van der Waals surface area contributed by atoms with Crippen molar-refractivity contribution in [3.05, 3.63) is 30.3 Å². The van der Waals surface area contributed by atoms with Crippen molar-refractivity contribution in [1.82, 2.24) is 10.2 Å². The molecule has 2 aliphatic rings. The van der Waals surface area contributed by atoms with E-state index in [4.69, 9.17) is 4.74 Å². The average molecular weight is 403 g/mol. The first-order valence-corrected chi connectivity index (χ1v) is 8.83. The van der Waals surface area contributed by atoms with Crippen LogP contribution in [0.2, 0.25) is 0 Å². The molecule has 9 heteroatoms. The summed E-state index contributed by atoms with van der Waals surface area (Å²) in [6.07, 6.45) is -0.777. The number of carbonyl (C=O) groups excluding carboxylic acids is 3. The molecular weight excluding hydrogens is 383 g/mol. The predicted octanol–water partition coefficient (Wildman–Crippen LogP) is -3.25. The molecule has 3 unspecified atom stereocenters. The zero-order valence-corrected chi connectivity index (χ0v) is 19.0. The first kappa shape index (κ1) is 21.7. The molecule has 1 aromatic carbocycles. The molecule has 134 valence electrons. The van der Waals surface area contributed by atoms with E-state index < -0.39 is 46.1 Å². The number of rotatable bonds is 5. The molecule has 0 bridgehead atoms. The summed E-state index contributed by atoms with van der Waals surface area (Å²) in [6.45, 7) is 5.10. The van der Waals surface area contributed by atoms with Crippen LogP contribution in [0.25, 0.3) is 0 Å². The fourth-order valence-electron chi connectivity index (χ4n) is 3.15. The molecule has 0 spiro atoms. The summed E-state index contributed by atoms with van der Waals surface area (Å²) in [4.78, 5) is 37.3. The van der Waals surface area contributed by atoms with Gasteiger partial charge in [0.15, 0.2) is 6.10 Å². The standard InChI is InChI=1S/C17H20N2O5S.K/c1-9(24-10-7-5-4-6-8-10)13(20)18-11-14(21)19-12(16(22)23)17(2,3)25-15(11)19;/h4-9,11-12,15H,1-3H3,(H,18,20)(H,22,23);/q;+1/p-1/t9?,11?,12?,15-;/m0./s1. The molecule has 2 saturated heterocycles. The van der Waals surface area contributed by atoms with Crippen LogP contribution in [-0.2, 0) is 14.4 Å². The van der Waals surface area contributed by atoms with Gasteiger partial charge in [-0.3, -0.25) is 9.59 Å². The van der Waals surface area contributed by atoms with E-state index in [9.17, 15) is 19.5 Å². The summed E-state index contributed by atoms with van der Waals surface area (Å²) in [5.41, 5.74) is 0. The molecule has 1 aromatic rings. The maximum absolute atomic E-state index is 12.3. The van der Waals surface area contributed by atoms with Crippen molar-refractivity contribution >= 4 is 29.5 Å². The van der Waals surface area contributed by atoms with Gasteiger partial charge in [0, 0.05) is 4.75 Å². The number of carbonyl (C=O) groups is 3. The van der Waals surface area contributed by atoms with E-state index in [1.807, 2.05) is 6.07 Å². The molecule has 1 N–H and O–H groups in total. The van der Waals surface area contributed by atoms with Gasteiger partial charge >= 0.3 is 51.4 Å². The van der Waals surface area contributed by atoms with Gasteiger partial charge in [-0.2, -0.15) is 0 Å². The van der Waals surface area contributed by atoms with Crippen molar-refractivity contribution in [2.75, 3.05) is 0 Å². The Hall–Kier alpha value is -0.584. The van der Waals surface area contributed by atoms with Gasteiger partial charge in [-0.1, -0.05) is 18.2 Å². The maximum Gasteiger partial charge on any atom is 1.00 e. The first-order chi connectivity index (χ1) is 11.7. The largest absolute Gasteiger partial charge is 1.00 e. The molecule has 3 rings (SSSR count). The second kappa shape index (κ2) is 8.20. The number of aliphatic carboxylic acids is 1. The van der Waals surface area contributed by atoms with E-state index in [0.29, 0.717) is 5.75 Å². The van der Waals surface area contributed by atoms with Gasteiger partial charge in [0.2, 0.25) is 5.91 Å². The predicted molar refractivity (Wildman–Crippen MR) is 89.6 cm³/mol. The van der Waals surface area contributed by atoms with Crippen molar-refractivity contribution in [3.8, 4) is 5.75 Å². The van der Waals surface area contributed by atoms with E-state index in [1.54, 1.807) is 45.0 Å². The van der Waals surface area contributed by atoms with Crippen LogP contribution < -0.4 is 66.5 Å². The third-order valence-corrected chi connectivity index (χ3v) is 5.96. The Bertz CT molecular complexity index is 714. The second-order valence-electron chi connectivity index (χ2n) is 6.64. The quantitative estimate of drug-likeness (QED) is 0.410. The van der Waals surface area contributed by atoms with Crippen molar-refractivity contribution in [2.45, 2.75) is 49.1 Å². The van der Waals surface area contributed by atoms with Crippen molar-refractivity contribution in [3.63, 3.8) is 0 Å². The number of fused-ring (bicyclic) bond motifs is 1. The van der Waals surface area contributed by atoms with E-state index in [2.05, 4.69) is 5.32 Å². The molecule has 0 aliphatic carbocycles. The summed E-state index contributed by atoms with van der Waals surface area (Å²) in [5.74, 6) is -1.55. The van der Waals surface area contributed by atoms with Gasteiger partial charge in [-0.05, 0) is 32.9 Å². The molecule has 0 radical (unpaired) electrons. The van der Waals surface area contributed by atoms with Crippen LogP contribution in [0.1, 0.15) is 20.8 Å². The molecule has 2 fully saturated rings. The molecule has 2 heterocycles. The number of nitrogens with one attached hydrogen (secondary N) is 1. The smallest absolute Gasteiger partial charge is 0.548 e. The SMILES string of the molecule is CC(Oc1ccccc1)C(=O)NC1C(=O)N2C(C(=O)[O-])C(C)(C)S[C@@H]12.[K+]. The van der Waals surface area contributed by atoms with Gasteiger partial charge in [0.05, 0.1) is 12.0 Å². The molecule has 4 atom stereocenters. The number of thioether (sulfide) groups is 1. The van der Waals surface area contributed by atoms with Crippen molar-refractivity contribution in [1.29, 1.82) is 0 Å². The monoisotopic (exact) mass is 402 g/mol. The number of hydrogen-bond acceptors (Lipinski definition) is 6. The number of hydrogen-bond donors (Lipinski definition) is 1. The minimum absolute atomic E-state index is 0. The fraction of sp³-hybridized carbons (Fsp3) is 0.471. The summed E-state index contributed by atoms with van der Waals surface area (Å²) in [6, 6.07) is 7.16. The average Bonchev–Trinajstić information content (AvgIpc) is 2.81. The Morgan fingerprint density at radius 3 is 2.50 bits per heavy atom. The number of ether oxygens (including phenoxy) is 1. The summed E-state index contributed by atoms with van der Waals surface area (Å²) in [7, 11) is 0. The van der Waals surface area contributed by atoms with Crippen LogP contribution in [0.4, 0.5) is 0 Å². The van der Waals surface area contributed by atoms with Gasteiger partial charge in [0.1, 0.15) is 17.2 Å². The van der Waals surface area contributed by atoms with Crippen LogP contribution in [0.5, 0.6) is 5.75 Å². The minimum atomic E-state index is -1.28. The molecule has 0 saturated carbocycles. The Kier molecular flexibility index (Phi) is 6.84. The van der Waals surface area contributed by atoms with Crippen LogP contribution in [0.15, 0.2) is 30.3 Å². The van der Waals surface area contributed by atoms with Crippen molar-refractivity contribution in [2.24, 2.45) is 0 Å². The normalized spacial score (nSPS) is 26.8. The first-order valence-electron chi connectivity index (χ1n) is 7.95. The van der Waals surface area contributed by atoms with Gasteiger partial charge in [-0.25, -0.2) is 0 Å². The van der Waals surface area contributed by atoms with Crippen molar-refractivity contribution < 1.29 is 75.6 Å². The van der Waals surface area contributed by atoms with E-state index in [-0.39, 0.29) is 51.4 Å². The number of β-lactam (4-membered cyclic amide) rings is 1. The Morgan fingerprint density at radius 2 is 1.92 bits per heavy atom. The van der Waals surface area contributed by atoms with Gasteiger partial charge < -0.3 is 24.9 Å². The molecular formula is C17H19KN2O5S. The summed E-state index contributed by atoms with van der Waals surface area (Å²) in [5, 5.41) is 13.6. The third-order valence-electron chi connectivity index (χ3n) is 4.39. The molecule has 7 nitrogen and oxygen atoms in total. The van der Waals surface area contributed by atoms with Gasteiger partial charge in [-0.15, -0.1) is 11.8 Å². The Morgan fingerprint density at radius 1 is 1.31 bits per heavy atom. The number of nitrogens with zero attached hydrogens (tertiary/aromatic N) is 1. The zero-order chi connectivity index (χ0) is 18.4. The zero-order valence-electron chi connectivity index (χ0n) is 15.1. The topological polar surface area (TPSA) is 98.8 Å². The minimum Gasteiger partial charge on any atom is -0.548 e. The summed E-state index contributed by atoms with van der Waals surface area (Å²) < 4.78 is 4.87. The third kappa shape index (κ3) is 3.97. The van der Waals surface area contributed by atoms with Gasteiger partial charge in [0.25, 0.3) is 5.91 Å². The number of carboxylic acid groups (broad SMARTS) is 1. The molecule has 2 amide bonds. The molecule has 2 aliphatic heterocycles. The maximum atomic E-state index is 12.3. The number of para-hydroxylation sites is 1. The number of amides is 2. The summed E-state index contributed by atoms with van der Waals surface area (Å²) >= 11 is 1.35. The van der Waals surface area contributed by atoms with Crippen LogP contribution in [0.3, 0.4) is 0 Å². The van der Waals surface area contributed by atoms with E-state index >= 15 is 0 Å². The Labute approximate surface area is 198 Å². The van der Waals surface area contributed by atoms with Crippen LogP contribution in [0, 0.1) is 0 Å². The van der Waals surface area contributed by atoms with E-state index in [0.717, 1.165) is 0 Å².